The Morgan fingerprint density at radius 1 is 1.17 bits per heavy atom. The highest BCUT2D eigenvalue weighted by Gasteiger charge is 2.56. The summed E-state index contributed by atoms with van der Waals surface area (Å²) in [4.78, 5) is 12.4. The van der Waals surface area contributed by atoms with Gasteiger partial charge in [-0.25, -0.2) is 0 Å². The Labute approximate surface area is 136 Å². The number of carbonyl (C=O) groups excluding carboxylic acids is 1. The molecular weight excluding hydrogens is 286 g/mol. The van der Waals surface area contributed by atoms with Crippen LogP contribution in [-0.2, 0) is 16.8 Å². The molecule has 118 valence electrons. The van der Waals surface area contributed by atoms with E-state index in [1.807, 2.05) is 30.3 Å². The van der Waals surface area contributed by atoms with Crippen molar-refractivity contribution in [2.75, 3.05) is 0 Å². The lowest BCUT2D eigenvalue weighted by Crippen LogP contribution is -2.35. The first kappa shape index (κ1) is 14.5. The van der Waals surface area contributed by atoms with Crippen LogP contribution in [0.15, 0.2) is 54.6 Å². The van der Waals surface area contributed by atoms with E-state index in [4.69, 9.17) is 0 Å². The van der Waals surface area contributed by atoms with Gasteiger partial charge in [-0.15, -0.1) is 0 Å². The van der Waals surface area contributed by atoms with Gasteiger partial charge in [-0.2, -0.15) is 0 Å². The van der Waals surface area contributed by atoms with Gasteiger partial charge in [0.15, 0.2) is 0 Å². The minimum atomic E-state index is -1.13. The minimum Gasteiger partial charge on any atom is -0.385 e. The van der Waals surface area contributed by atoms with E-state index in [-0.39, 0.29) is 18.4 Å². The second-order valence-corrected chi connectivity index (χ2v) is 7.00. The molecule has 0 bridgehead atoms. The van der Waals surface area contributed by atoms with E-state index in [1.54, 1.807) is 6.92 Å². The molecule has 2 aromatic rings. The minimum absolute atomic E-state index is 0.0734. The van der Waals surface area contributed by atoms with Gasteiger partial charge in [-0.3, -0.25) is 4.79 Å². The quantitative estimate of drug-likeness (QED) is 0.912. The maximum Gasteiger partial charge on any atom is 0.223 e. The molecule has 2 aliphatic carbocycles. The summed E-state index contributed by atoms with van der Waals surface area (Å²) >= 11 is 0. The first-order valence-electron chi connectivity index (χ1n) is 8.21. The summed E-state index contributed by atoms with van der Waals surface area (Å²) in [6, 6.07) is 18.1. The van der Waals surface area contributed by atoms with Crippen LogP contribution in [0.25, 0.3) is 0 Å². The van der Waals surface area contributed by atoms with Gasteiger partial charge in [-0.1, -0.05) is 54.6 Å². The first-order chi connectivity index (χ1) is 11.1. The van der Waals surface area contributed by atoms with Gasteiger partial charge in [0.1, 0.15) is 0 Å². The largest absolute Gasteiger partial charge is 0.385 e. The molecule has 3 heteroatoms. The number of hydrogen-bond donors (Lipinski definition) is 2. The molecule has 0 aliphatic heterocycles. The molecule has 0 radical (unpaired) electrons. The molecule has 4 atom stereocenters. The van der Waals surface area contributed by atoms with Crippen molar-refractivity contribution >= 4 is 5.91 Å². The number of aliphatic hydroxyl groups is 1. The molecule has 2 aliphatic rings. The van der Waals surface area contributed by atoms with Crippen LogP contribution in [0.2, 0.25) is 0 Å². The van der Waals surface area contributed by atoms with Crippen LogP contribution in [-0.4, -0.2) is 17.1 Å². The number of fused-ring (bicyclic) bond motifs is 3. The fourth-order valence-corrected chi connectivity index (χ4v) is 4.00. The monoisotopic (exact) mass is 307 g/mol. The summed E-state index contributed by atoms with van der Waals surface area (Å²) in [7, 11) is 0. The highest BCUT2D eigenvalue weighted by molar-refractivity contribution is 5.78. The summed E-state index contributed by atoms with van der Waals surface area (Å²) in [6.45, 7) is 1.70. The summed E-state index contributed by atoms with van der Waals surface area (Å²) < 4.78 is 0. The van der Waals surface area contributed by atoms with E-state index >= 15 is 0 Å². The lowest BCUT2D eigenvalue weighted by molar-refractivity contribution is -0.126. The van der Waals surface area contributed by atoms with Gasteiger partial charge >= 0.3 is 0 Å². The third kappa shape index (κ3) is 2.55. The average molecular weight is 307 g/mol. The number of amides is 1. The van der Waals surface area contributed by atoms with Crippen molar-refractivity contribution < 1.29 is 9.90 Å². The SMILES string of the molecule is CC(O)(CC(=O)NC1C2Cc3ccccc3C21)c1ccccc1. The first-order valence-corrected chi connectivity index (χ1v) is 8.21. The Kier molecular flexibility index (Phi) is 3.27. The number of carbonyl (C=O) groups is 1. The van der Waals surface area contributed by atoms with Gasteiger partial charge < -0.3 is 10.4 Å². The molecule has 0 heterocycles. The van der Waals surface area contributed by atoms with Gasteiger partial charge in [0, 0.05) is 12.0 Å². The molecule has 0 aromatic heterocycles. The maximum absolute atomic E-state index is 12.4. The zero-order valence-electron chi connectivity index (χ0n) is 13.2. The van der Waals surface area contributed by atoms with Crippen molar-refractivity contribution in [3.8, 4) is 0 Å². The van der Waals surface area contributed by atoms with Crippen molar-refractivity contribution in [2.45, 2.75) is 37.3 Å². The lowest BCUT2D eigenvalue weighted by atomic mass is 9.92. The predicted molar refractivity (Wildman–Crippen MR) is 88.9 cm³/mol. The molecule has 4 unspecified atom stereocenters. The predicted octanol–water partition coefficient (Wildman–Crippen LogP) is 2.74. The van der Waals surface area contributed by atoms with Crippen LogP contribution in [0.4, 0.5) is 0 Å². The van der Waals surface area contributed by atoms with Crippen molar-refractivity contribution in [3.63, 3.8) is 0 Å². The Morgan fingerprint density at radius 2 is 1.87 bits per heavy atom. The van der Waals surface area contributed by atoms with E-state index in [0.29, 0.717) is 11.8 Å². The summed E-state index contributed by atoms with van der Waals surface area (Å²) in [5.74, 6) is 0.936. The molecule has 2 N–H and O–H groups in total. The summed E-state index contributed by atoms with van der Waals surface area (Å²) in [5, 5.41) is 13.7. The van der Waals surface area contributed by atoms with Crippen molar-refractivity contribution in [1.29, 1.82) is 0 Å². The standard InChI is InChI=1S/C20H21NO2/c1-20(23,14-8-3-2-4-9-14)12-17(22)21-19-16-11-13-7-5-6-10-15(13)18(16)19/h2-10,16,18-19,23H,11-12H2,1H3,(H,21,22). The lowest BCUT2D eigenvalue weighted by Gasteiger charge is -2.23. The maximum atomic E-state index is 12.4. The Bertz CT molecular complexity index is 738. The fraction of sp³-hybridized carbons (Fsp3) is 0.350. The van der Waals surface area contributed by atoms with Crippen LogP contribution in [0, 0.1) is 5.92 Å². The van der Waals surface area contributed by atoms with Crippen LogP contribution in [0.5, 0.6) is 0 Å². The second-order valence-electron chi connectivity index (χ2n) is 7.00. The number of benzene rings is 2. The van der Waals surface area contributed by atoms with Crippen LogP contribution in [0.1, 0.15) is 36.0 Å². The van der Waals surface area contributed by atoms with Crippen molar-refractivity contribution in [3.05, 3.63) is 71.3 Å². The number of nitrogens with one attached hydrogen (secondary N) is 1. The molecule has 2 aromatic carbocycles. The summed E-state index contributed by atoms with van der Waals surface area (Å²) in [5.41, 5.74) is 2.45. The molecule has 1 amide bonds. The van der Waals surface area contributed by atoms with E-state index in [0.717, 1.165) is 12.0 Å². The van der Waals surface area contributed by atoms with E-state index in [2.05, 4.69) is 29.6 Å². The Balaban J connectivity index is 1.39. The fourth-order valence-electron chi connectivity index (χ4n) is 4.00. The van der Waals surface area contributed by atoms with Gasteiger partial charge in [0.25, 0.3) is 0 Å². The third-order valence-electron chi connectivity index (χ3n) is 5.27. The third-order valence-corrected chi connectivity index (χ3v) is 5.27. The zero-order chi connectivity index (χ0) is 16.0. The smallest absolute Gasteiger partial charge is 0.223 e. The summed E-state index contributed by atoms with van der Waals surface area (Å²) in [6.07, 6.45) is 1.15. The van der Waals surface area contributed by atoms with E-state index in [1.165, 1.54) is 11.1 Å². The molecule has 4 rings (SSSR count). The molecule has 23 heavy (non-hydrogen) atoms. The molecular formula is C20H21NO2. The Hall–Kier alpha value is -2.13. The highest BCUT2D eigenvalue weighted by Crippen LogP contribution is 2.56. The van der Waals surface area contributed by atoms with Crippen LogP contribution in [0.3, 0.4) is 0 Å². The zero-order valence-corrected chi connectivity index (χ0v) is 13.2. The van der Waals surface area contributed by atoms with Crippen molar-refractivity contribution in [1.82, 2.24) is 5.32 Å². The van der Waals surface area contributed by atoms with Crippen LogP contribution >= 0.6 is 0 Å². The van der Waals surface area contributed by atoms with Gasteiger partial charge in [0.2, 0.25) is 5.91 Å². The highest BCUT2D eigenvalue weighted by atomic mass is 16.3. The van der Waals surface area contributed by atoms with Crippen molar-refractivity contribution in [2.24, 2.45) is 5.92 Å². The van der Waals surface area contributed by atoms with Gasteiger partial charge in [0.05, 0.1) is 12.0 Å². The Morgan fingerprint density at radius 3 is 2.65 bits per heavy atom. The average Bonchev–Trinajstić information content (AvgIpc) is 3.05. The number of rotatable bonds is 4. The van der Waals surface area contributed by atoms with Crippen LogP contribution < -0.4 is 5.32 Å². The molecule has 1 saturated carbocycles. The molecule has 1 fully saturated rings. The number of hydrogen-bond acceptors (Lipinski definition) is 2. The molecule has 0 saturated heterocycles. The second kappa shape index (κ2) is 5.20. The molecule has 0 spiro atoms. The topological polar surface area (TPSA) is 49.3 Å². The van der Waals surface area contributed by atoms with Gasteiger partial charge in [-0.05, 0) is 36.0 Å². The molecule has 3 nitrogen and oxygen atoms in total. The van der Waals surface area contributed by atoms with E-state index < -0.39 is 5.60 Å². The van der Waals surface area contributed by atoms with E-state index in [9.17, 15) is 9.90 Å². The normalized spacial score (nSPS) is 26.8.